The zero-order chi connectivity index (χ0) is 23.3. The van der Waals surface area contributed by atoms with Crippen LogP contribution < -0.4 is 0 Å². The minimum absolute atomic E-state index is 0.00361. The molecule has 0 spiro atoms. The Morgan fingerprint density at radius 2 is 1.78 bits per heavy atom. The number of rotatable bonds is 3. The van der Waals surface area contributed by atoms with Crippen LogP contribution in [0.5, 0.6) is 0 Å². The average Bonchev–Trinajstić information content (AvgIpc) is 3.33. The molecule has 0 saturated heterocycles. The third kappa shape index (κ3) is 3.89. The number of hydrogen-bond donors (Lipinski definition) is 0. The molecule has 32 heavy (non-hydrogen) atoms. The predicted octanol–water partition coefficient (Wildman–Crippen LogP) is 6.30. The van der Waals surface area contributed by atoms with Crippen LogP contribution in [-0.4, -0.2) is 14.7 Å². The molecule has 0 fully saturated rings. The Morgan fingerprint density at radius 1 is 1.03 bits per heavy atom. The van der Waals surface area contributed by atoms with Gasteiger partial charge in [0.2, 0.25) is 0 Å². The first-order chi connectivity index (χ1) is 15.0. The Bertz CT molecular complexity index is 1360. The number of hydrogen-bond acceptors (Lipinski definition) is 4. The Balaban J connectivity index is 1.71. The van der Waals surface area contributed by atoms with E-state index in [1.165, 1.54) is 29.0 Å². The Morgan fingerprint density at radius 3 is 2.44 bits per heavy atom. The zero-order valence-electron chi connectivity index (χ0n) is 15.6. The predicted molar refractivity (Wildman–Crippen MR) is 101 cm³/mol. The number of aromatic nitrogens is 3. The lowest BCUT2D eigenvalue weighted by molar-refractivity contribution is -0.138. The second kappa shape index (κ2) is 7.56. The van der Waals surface area contributed by atoms with E-state index in [4.69, 9.17) is 21.4 Å². The lowest BCUT2D eigenvalue weighted by atomic mass is 10.0. The maximum Gasteiger partial charge on any atom is 0.418 e. The number of fused-ring (bicyclic) bond motifs is 1. The standard InChI is InChI=1S/C20H9ClF6N4O/c21-14-3-2-11(19(22,23)24)7-13(14)18-29-16(30-32-18)9-31-6-5-12-15(31)4-1-10(8-28)17(12)20(25,26)27/h1-7H,9H2. The molecule has 12 heteroatoms. The van der Waals surface area contributed by atoms with Gasteiger partial charge in [-0.05, 0) is 36.4 Å². The summed E-state index contributed by atoms with van der Waals surface area (Å²) < 4.78 is 85.7. The van der Waals surface area contributed by atoms with Crippen molar-refractivity contribution < 1.29 is 30.9 Å². The van der Waals surface area contributed by atoms with Gasteiger partial charge in [0.25, 0.3) is 5.89 Å². The number of benzene rings is 2. The molecule has 0 radical (unpaired) electrons. The summed E-state index contributed by atoms with van der Waals surface area (Å²) in [7, 11) is 0. The summed E-state index contributed by atoms with van der Waals surface area (Å²) in [6.07, 6.45) is -7.99. The molecule has 164 valence electrons. The summed E-state index contributed by atoms with van der Waals surface area (Å²) in [5.74, 6) is -0.265. The van der Waals surface area contributed by atoms with Crippen molar-refractivity contribution in [2.75, 3.05) is 0 Å². The van der Waals surface area contributed by atoms with E-state index in [9.17, 15) is 26.3 Å². The van der Waals surface area contributed by atoms with E-state index in [0.717, 1.165) is 24.3 Å². The van der Waals surface area contributed by atoms with Crippen molar-refractivity contribution in [1.82, 2.24) is 14.7 Å². The molecule has 2 aromatic carbocycles. The number of alkyl halides is 6. The van der Waals surface area contributed by atoms with Crippen LogP contribution in [0.2, 0.25) is 5.02 Å². The largest absolute Gasteiger partial charge is 0.418 e. The molecule has 2 aromatic heterocycles. The van der Waals surface area contributed by atoms with E-state index in [2.05, 4.69) is 10.1 Å². The van der Waals surface area contributed by atoms with Crippen molar-refractivity contribution in [2.45, 2.75) is 18.9 Å². The number of nitriles is 1. The van der Waals surface area contributed by atoms with Crippen LogP contribution in [0.15, 0.2) is 47.1 Å². The summed E-state index contributed by atoms with van der Waals surface area (Å²) in [6.45, 7) is -0.132. The highest BCUT2D eigenvalue weighted by molar-refractivity contribution is 6.33. The fraction of sp³-hybridized carbons (Fsp3) is 0.150. The molecule has 0 amide bonds. The van der Waals surface area contributed by atoms with Gasteiger partial charge in [0.15, 0.2) is 5.82 Å². The Labute approximate surface area is 180 Å². The maximum absolute atomic E-state index is 13.5. The molecule has 0 aliphatic rings. The van der Waals surface area contributed by atoms with Gasteiger partial charge >= 0.3 is 12.4 Å². The zero-order valence-corrected chi connectivity index (χ0v) is 16.3. The van der Waals surface area contributed by atoms with Gasteiger partial charge in [-0.3, -0.25) is 0 Å². The molecule has 0 aliphatic carbocycles. The van der Waals surface area contributed by atoms with Crippen LogP contribution in [0.25, 0.3) is 22.4 Å². The second-order valence-electron chi connectivity index (χ2n) is 6.68. The molecule has 4 aromatic rings. The van der Waals surface area contributed by atoms with Crippen molar-refractivity contribution in [1.29, 1.82) is 5.26 Å². The summed E-state index contributed by atoms with van der Waals surface area (Å²) in [5.41, 5.74) is -2.49. The van der Waals surface area contributed by atoms with Gasteiger partial charge in [-0.2, -0.15) is 36.6 Å². The summed E-state index contributed by atoms with van der Waals surface area (Å²) >= 11 is 5.97. The SMILES string of the molecule is N#Cc1ccc2c(ccn2Cc2noc(-c3cc(C(F)(F)F)ccc3Cl)n2)c1C(F)(F)F. The minimum Gasteiger partial charge on any atom is -0.340 e. The van der Waals surface area contributed by atoms with Crippen LogP contribution in [0.3, 0.4) is 0 Å². The third-order valence-electron chi connectivity index (χ3n) is 4.66. The monoisotopic (exact) mass is 470 g/mol. The van der Waals surface area contributed by atoms with E-state index >= 15 is 0 Å². The fourth-order valence-corrected chi connectivity index (χ4v) is 3.45. The van der Waals surface area contributed by atoms with Crippen molar-refractivity contribution >= 4 is 22.5 Å². The van der Waals surface area contributed by atoms with Crippen LogP contribution in [-0.2, 0) is 18.9 Å². The summed E-state index contributed by atoms with van der Waals surface area (Å²) in [4.78, 5) is 4.03. The van der Waals surface area contributed by atoms with Gasteiger partial charge in [0, 0.05) is 17.1 Å². The average molecular weight is 471 g/mol. The highest BCUT2D eigenvalue weighted by Crippen LogP contribution is 2.38. The van der Waals surface area contributed by atoms with Gasteiger partial charge in [-0.25, -0.2) is 0 Å². The molecule has 5 nitrogen and oxygen atoms in total. The smallest absolute Gasteiger partial charge is 0.340 e. The van der Waals surface area contributed by atoms with Crippen molar-refractivity contribution in [3.8, 4) is 17.5 Å². The first kappa shape index (κ1) is 21.7. The third-order valence-corrected chi connectivity index (χ3v) is 4.99. The van der Waals surface area contributed by atoms with E-state index in [0.29, 0.717) is 0 Å². The number of nitrogens with zero attached hydrogens (tertiary/aromatic N) is 4. The molecule has 4 rings (SSSR count). The fourth-order valence-electron chi connectivity index (χ4n) is 3.25. The molecule has 0 N–H and O–H groups in total. The number of halogens is 7. The summed E-state index contributed by atoms with van der Waals surface area (Å²) in [6, 6.07) is 7.79. The Kier molecular flexibility index (Phi) is 5.13. The molecular formula is C20H9ClF6N4O. The van der Waals surface area contributed by atoms with Gasteiger partial charge in [-0.15, -0.1) is 0 Å². The Hall–Kier alpha value is -3.52. The normalized spacial score (nSPS) is 12.3. The molecule has 2 heterocycles. The minimum atomic E-state index is -4.74. The highest BCUT2D eigenvalue weighted by atomic mass is 35.5. The van der Waals surface area contributed by atoms with Crippen LogP contribution in [0.1, 0.15) is 22.5 Å². The van der Waals surface area contributed by atoms with Crippen molar-refractivity contribution in [2.24, 2.45) is 0 Å². The van der Waals surface area contributed by atoms with E-state index in [1.807, 2.05) is 0 Å². The molecule has 0 unspecified atom stereocenters. The van der Waals surface area contributed by atoms with Crippen LogP contribution >= 0.6 is 11.6 Å². The van der Waals surface area contributed by atoms with Crippen molar-refractivity contribution in [3.63, 3.8) is 0 Å². The van der Waals surface area contributed by atoms with Crippen molar-refractivity contribution in [3.05, 3.63) is 70.1 Å². The first-order valence-electron chi connectivity index (χ1n) is 8.78. The van der Waals surface area contributed by atoms with E-state index in [-0.39, 0.29) is 39.7 Å². The lowest BCUT2D eigenvalue weighted by Crippen LogP contribution is -2.09. The first-order valence-corrected chi connectivity index (χ1v) is 9.15. The molecular weight excluding hydrogens is 462 g/mol. The second-order valence-corrected chi connectivity index (χ2v) is 7.09. The molecule has 0 atom stereocenters. The van der Waals surface area contributed by atoms with Gasteiger partial charge < -0.3 is 9.09 Å². The van der Waals surface area contributed by atoms with E-state index < -0.39 is 29.0 Å². The topological polar surface area (TPSA) is 67.6 Å². The molecule has 0 aliphatic heterocycles. The maximum atomic E-state index is 13.5. The molecule has 0 bridgehead atoms. The van der Waals surface area contributed by atoms with E-state index in [1.54, 1.807) is 0 Å². The van der Waals surface area contributed by atoms with Gasteiger partial charge in [0.1, 0.15) is 0 Å². The van der Waals surface area contributed by atoms with Gasteiger partial charge in [0.05, 0.1) is 39.9 Å². The molecule has 0 saturated carbocycles. The highest BCUT2D eigenvalue weighted by Gasteiger charge is 2.36. The van der Waals surface area contributed by atoms with Crippen LogP contribution in [0, 0.1) is 11.3 Å². The summed E-state index contributed by atoms with van der Waals surface area (Å²) in [5, 5.41) is 12.5. The lowest BCUT2D eigenvalue weighted by Gasteiger charge is -2.11. The van der Waals surface area contributed by atoms with Gasteiger partial charge in [-0.1, -0.05) is 16.8 Å². The van der Waals surface area contributed by atoms with Crippen LogP contribution in [0.4, 0.5) is 26.3 Å². The quantitative estimate of drug-likeness (QED) is 0.329.